The van der Waals surface area contributed by atoms with Crippen molar-refractivity contribution in [1.82, 2.24) is 10.6 Å². The van der Waals surface area contributed by atoms with E-state index >= 15 is 0 Å². The Morgan fingerprint density at radius 2 is 1.15 bits per heavy atom. The van der Waals surface area contributed by atoms with Crippen LogP contribution in [0.25, 0.3) is 0 Å². The van der Waals surface area contributed by atoms with Gasteiger partial charge in [-0.3, -0.25) is 9.59 Å². The Balaban J connectivity index is 0.00000441. The van der Waals surface area contributed by atoms with Crippen molar-refractivity contribution in [2.45, 2.75) is 98.7 Å². The van der Waals surface area contributed by atoms with Crippen molar-refractivity contribution in [3.8, 4) is 0 Å². The maximum Gasteiger partial charge on any atom is 0.251 e. The molecule has 2 N–H and O–H groups in total. The highest BCUT2D eigenvalue weighted by molar-refractivity contribution is 5.94. The third-order valence-electron chi connectivity index (χ3n) is 8.09. The zero-order chi connectivity index (χ0) is 28.5. The Morgan fingerprint density at radius 1 is 0.725 bits per heavy atom. The number of nitrogens with one attached hydrogen (secondary N) is 2. The first kappa shape index (κ1) is 31.3. The number of nitrogens with zero attached hydrogens (tertiary/aromatic N) is 1. The second-order valence-electron chi connectivity index (χ2n) is 12.9. The fourth-order valence-electron chi connectivity index (χ4n) is 5.47. The van der Waals surface area contributed by atoms with E-state index in [0.717, 1.165) is 36.1 Å². The van der Waals surface area contributed by atoms with Gasteiger partial charge in [-0.25, -0.2) is 0 Å². The molecule has 214 valence electrons. The molecule has 0 saturated heterocycles. The number of pyridine rings is 1. The molecule has 0 unspecified atom stereocenters. The van der Waals surface area contributed by atoms with Crippen LogP contribution in [0.1, 0.15) is 108 Å². The Bertz CT molecular complexity index is 1380. The first-order valence-electron chi connectivity index (χ1n) is 14.1. The summed E-state index contributed by atoms with van der Waals surface area (Å²) in [6.45, 7) is 19.2. The van der Waals surface area contributed by atoms with Gasteiger partial charge in [0.1, 0.15) is 6.54 Å². The van der Waals surface area contributed by atoms with Gasteiger partial charge in [-0.2, -0.15) is 4.57 Å². The van der Waals surface area contributed by atoms with Crippen LogP contribution in [-0.2, 0) is 36.9 Å². The van der Waals surface area contributed by atoms with E-state index in [2.05, 4.69) is 70.6 Å². The van der Waals surface area contributed by atoms with Gasteiger partial charge in [0.15, 0.2) is 11.4 Å². The van der Waals surface area contributed by atoms with Crippen molar-refractivity contribution < 1.29 is 26.6 Å². The van der Waals surface area contributed by atoms with Crippen LogP contribution in [0.5, 0.6) is 0 Å². The average molecular weight is 562 g/mol. The molecule has 0 bridgehead atoms. The lowest BCUT2D eigenvalue weighted by molar-refractivity contribution is -0.697. The molecule has 0 saturated carbocycles. The molecule has 2 aromatic carbocycles. The van der Waals surface area contributed by atoms with Crippen LogP contribution in [0.3, 0.4) is 0 Å². The Kier molecular flexibility index (Phi) is 9.51. The molecule has 0 fully saturated rings. The van der Waals surface area contributed by atoms with Crippen LogP contribution in [0.15, 0.2) is 48.5 Å². The molecule has 2 amide bonds. The summed E-state index contributed by atoms with van der Waals surface area (Å²) in [6.07, 6.45) is 2.09. The number of carbonyl (C=O) groups excluding carboxylic acids is 2. The van der Waals surface area contributed by atoms with Gasteiger partial charge < -0.3 is 23.0 Å². The van der Waals surface area contributed by atoms with Gasteiger partial charge in [0, 0.05) is 55.1 Å². The second kappa shape index (κ2) is 12.1. The number of hydrogen-bond acceptors (Lipinski definition) is 2. The third kappa shape index (κ3) is 6.75. The molecule has 3 aromatic rings. The Hall–Kier alpha value is -3.18. The topological polar surface area (TPSA) is 62.1 Å². The Labute approximate surface area is 246 Å². The monoisotopic (exact) mass is 561 g/mol. The molecular formula is C34H44ClN3O2. The van der Waals surface area contributed by atoms with Crippen molar-refractivity contribution in [2.75, 3.05) is 0 Å². The molecule has 1 aliphatic heterocycles. The standard InChI is InChI=1S/C34H43N3O2.ClH/c1-22-28(20-35-31(38)24-11-15-26(16-12-24)33(3,4)5)23(2)37-19-9-10-30(37)29(22)21-36-32(39)25-13-17-27(18-14-25)34(6,7)8;/h11-18H,9-10,19-21H2,1-8H3,(H-,35,36,38,39);1H. The number of benzene rings is 2. The van der Waals surface area contributed by atoms with Crippen LogP contribution in [0.2, 0.25) is 0 Å². The van der Waals surface area contributed by atoms with E-state index in [4.69, 9.17) is 0 Å². The predicted octanol–water partition coefficient (Wildman–Crippen LogP) is 3.00. The quantitative estimate of drug-likeness (QED) is 0.455. The van der Waals surface area contributed by atoms with Gasteiger partial charge in [0.2, 0.25) is 0 Å². The van der Waals surface area contributed by atoms with Gasteiger partial charge in [0.25, 0.3) is 11.8 Å². The molecule has 0 atom stereocenters. The molecule has 0 radical (unpaired) electrons. The molecule has 1 aliphatic rings. The first-order chi connectivity index (χ1) is 18.3. The fourth-order valence-corrected chi connectivity index (χ4v) is 5.47. The summed E-state index contributed by atoms with van der Waals surface area (Å²) in [4.78, 5) is 26.0. The molecule has 6 heteroatoms. The number of hydrogen-bond donors (Lipinski definition) is 2. The number of carbonyl (C=O) groups is 2. The van der Waals surface area contributed by atoms with Crippen LogP contribution < -0.4 is 27.6 Å². The number of amides is 2. The SMILES string of the molecule is Cc1c(CNC(=O)c2ccc(C(C)(C)C)cc2)c(C)[n+]2c(c1CNC(=O)c1ccc(C(C)(C)C)cc1)CCC2.[Cl-]. The molecule has 0 spiro atoms. The summed E-state index contributed by atoms with van der Waals surface area (Å²) in [5.41, 5.74) is 9.76. The third-order valence-corrected chi connectivity index (χ3v) is 8.09. The number of rotatable bonds is 6. The smallest absolute Gasteiger partial charge is 0.251 e. The van der Waals surface area contributed by atoms with Crippen molar-refractivity contribution in [2.24, 2.45) is 0 Å². The van der Waals surface area contributed by atoms with E-state index < -0.39 is 0 Å². The first-order valence-corrected chi connectivity index (χ1v) is 14.1. The van der Waals surface area contributed by atoms with Crippen LogP contribution >= 0.6 is 0 Å². The van der Waals surface area contributed by atoms with Crippen LogP contribution in [0, 0.1) is 13.8 Å². The maximum atomic E-state index is 13.0. The normalized spacial score (nSPS) is 12.9. The molecule has 5 nitrogen and oxygen atoms in total. The Morgan fingerprint density at radius 3 is 1.57 bits per heavy atom. The minimum Gasteiger partial charge on any atom is -1.00 e. The lowest BCUT2D eigenvalue weighted by Crippen LogP contribution is -3.00. The van der Waals surface area contributed by atoms with E-state index in [1.165, 1.54) is 22.5 Å². The van der Waals surface area contributed by atoms with E-state index in [-0.39, 0.29) is 35.1 Å². The van der Waals surface area contributed by atoms with Gasteiger partial charge in [0.05, 0.1) is 0 Å². The summed E-state index contributed by atoms with van der Waals surface area (Å²) in [5.74, 6) is -0.144. The summed E-state index contributed by atoms with van der Waals surface area (Å²) < 4.78 is 2.37. The van der Waals surface area contributed by atoms with Gasteiger partial charge in [-0.05, 0) is 58.7 Å². The summed E-state index contributed by atoms with van der Waals surface area (Å²) in [7, 11) is 0. The summed E-state index contributed by atoms with van der Waals surface area (Å²) in [6, 6.07) is 15.8. The van der Waals surface area contributed by atoms with Gasteiger partial charge in [-0.15, -0.1) is 0 Å². The van der Waals surface area contributed by atoms with E-state index in [0.29, 0.717) is 24.2 Å². The molecule has 40 heavy (non-hydrogen) atoms. The molecule has 0 aliphatic carbocycles. The number of aromatic nitrogens is 1. The van der Waals surface area contributed by atoms with Gasteiger partial charge >= 0.3 is 0 Å². The molecule has 2 heterocycles. The average Bonchev–Trinajstić information content (AvgIpc) is 3.37. The molecular weight excluding hydrogens is 518 g/mol. The van der Waals surface area contributed by atoms with E-state index in [1.807, 2.05) is 48.5 Å². The zero-order valence-electron chi connectivity index (χ0n) is 25.3. The van der Waals surface area contributed by atoms with Crippen LogP contribution in [-0.4, -0.2) is 11.8 Å². The second-order valence-corrected chi connectivity index (χ2v) is 12.9. The van der Waals surface area contributed by atoms with E-state index in [9.17, 15) is 9.59 Å². The maximum absolute atomic E-state index is 13.0. The van der Waals surface area contributed by atoms with Gasteiger partial charge in [-0.1, -0.05) is 65.8 Å². The molecule has 4 rings (SSSR count). The van der Waals surface area contributed by atoms with Crippen molar-refractivity contribution in [1.29, 1.82) is 0 Å². The minimum atomic E-state index is -0.0756. The zero-order valence-corrected chi connectivity index (χ0v) is 26.1. The largest absolute Gasteiger partial charge is 1.00 e. The highest BCUT2D eigenvalue weighted by atomic mass is 35.5. The van der Waals surface area contributed by atoms with Crippen molar-refractivity contribution in [3.05, 3.63) is 98.9 Å². The lowest BCUT2D eigenvalue weighted by atomic mass is 9.86. The van der Waals surface area contributed by atoms with E-state index in [1.54, 1.807) is 0 Å². The van der Waals surface area contributed by atoms with Crippen molar-refractivity contribution in [3.63, 3.8) is 0 Å². The summed E-state index contributed by atoms with van der Waals surface area (Å²) in [5, 5.41) is 6.30. The summed E-state index contributed by atoms with van der Waals surface area (Å²) >= 11 is 0. The molecule has 1 aromatic heterocycles. The highest BCUT2D eigenvalue weighted by Crippen LogP contribution is 2.25. The fraction of sp³-hybridized carbons (Fsp3) is 0.441. The lowest BCUT2D eigenvalue weighted by Gasteiger charge is -2.19. The number of fused-ring (bicyclic) bond motifs is 1. The minimum absolute atomic E-state index is 0. The number of halogens is 1. The van der Waals surface area contributed by atoms with Crippen LogP contribution in [0.4, 0.5) is 0 Å². The predicted molar refractivity (Wildman–Crippen MR) is 157 cm³/mol. The highest BCUT2D eigenvalue weighted by Gasteiger charge is 2.30. The van der Waals surface area contributed by atoms with Crippen molar-refractivity contribution >= 4 is 11.8 Å².